The number of aryl methyl sites for hydroxylation is 3. The maximum absolute atomic E-state index is 13.4. The van der Waals surface area contributed by atoms with Crippen molar-refractivity contribution >= 4 is 27.8 Å². The quantitative estimate of drug-likeness (QED) is 0.463. The fourth-order valence-electron chi connectivity index (χ4n) is 2.95. The molecule has 0 saturated carbocycles. The van der Waals surface area contributed by atoms with E-state index in [-0.39, 0.29) is 4.90 Å². The highest BCUT2D eigenvalue weighted by molar-refractivity contribution is 7.92. The number of benzene rings is 2. The average molecular weight is 426 g/mol. The number of hydrazone groups is 1. The number of anilines is 1. The summed E-state index contributed by atoms with van der Waals surface area (Å²) in [5, 5.41) is 3.82. The largest absolute Gasteiger partial charge is 0.463 e. The zero-order chi connectivity index (χ0) is 21.7. The Morgan fingerprint density at radius 3 is 2.30 bits per heavy atom. The number of hydrogen-bond acceptors (Lipinski definition) is 5. The minimum absolute atomic E-state index is 0.110. The van der Waals surface area contributed by atoms with E-state index in [1.54, 1.807) is 36.4 Å². The van der Waals surface area contributed by atoms with Gasteiger partial charge in [0.2, 0.25) is 0 Å². The third-order valence-electron chi connectivity index (χ3n) is 4.31. The highest BCUT2D eigenvalue weighted by atomic mass is 32.2. The fourth-order valence-corrected chi connectivity index (χ4v) is 4.35. The lowest BCUT2D eigenvalue weighted by atomic mass is 10.1. The van der Waals surface area contributed by atoms with Crippen molar-refractivity contribution in [3.63, 3.8) is 0 Å². The highest BCUT2D eigenvalue weighted by Gasteiger charge is 2.27. The second-order valence-electron chi connectivity index (χ2n) is 6.98. The summed E-state index contributed by atoms with van der Waals surface area (Å²) in [4.78, 5) is 12.6. The molecule has 0 spiro atoms. The molecule has 3 aromatic rings. The van der Waals surface area contributed by atoms with Gasteiger partial charge in [-0.15, -0.1) is 0 Å². The number of hydrogen-bond donors (Lipinski definition) is 1. The second-order valence-corrected chi connectivity index (χ2v) is 8.84. The lowest BCUT2D eigenvalue weighted by molar-refractivity contribution is -0.119. The molecular weight excluding hydrogens is 402 g/mol. The van der Waals surface area contributed by atoms with Crippen LogP contribution in [0.25, 0.3) is 0 Å². The van der Waals surface area contributed by atoms with Crippen LogP contribution in [-0.4, -0.2) is 27.1 Å². The van der Waals surface area contributed by atoms with Crippen LogP contribution in [0.1, 0.15) is 22.5 Å². The molecule has 0 atom stereocenters. The molecule has 30 heavy (non-hydrogen) atoms. The summed E-state index contributed by atoms with van der Waals surface area (Å²) in [6.45, 7) is 5.21. The van der Waals surface area contributed by atoms with Crippen molar-refractivity contribution in [1.82, 2.24) is 5.43 Å². The van der Waals surface area contributed by atoms with Gasteiger partial charge in [-0.05, 0) is 68.3 Å². The van der Waals surface area contributed by atoms with E-state index in [9.17, 15) is 13.2 Å². The lowest BCUT2D eigenvalue weighted by Crippen LogP contribution is -2.39. The average Bonchev–Trinajstić information content (AvgIpc) is 3.19. The zero-order valence-electron chi connectivity index (χ0n) is 17.0. The van der Waals surface area contributed by atoms with Crippen LogP contribution in [0.4, 0.5) is 5.69 Å². The Morgan fingerprint density at radius 1 is 1.03 bits per heavy atom. The number of furan rings is 1. The molecule has 0 fully saturated rings. The Bertz CT molecular complexity index is 1130. The van der Waals surface area contributed by atoms with Crippen LogP contribution in [-0.2, 0) is 14.8 Å². The number of sulfonamides is 1. The first-order valence-corrected chi connectivity index (χ1v) is 10.7. The maximum Gasteiger partial charge on any atom is 0.264 e. The first-order chi connectivity index (χ1) is 14.3. The molecule has 1 heterocycles. The molecular formula is C22H23N3O4S. The molecule has 0 bridgehead atoms. The van der Waals surface area contributed by atoms with Crippen LogP contribution >= 0.6 is 0 Å². The van der Waals surface area contributed by atoms with Crippen molar-refractivity contribution in [1.29, 1.82) is 0 Å². The number of carbonyl (C=O) groups is 1. The highest BCUT2D eigenvalue weighted by Crippen LogP contribution is 2.26. The van der Waals surface area contributed by atoms with Gasteiger partial charge in [0.1, 0.15) is 12.3 Å². The van der Waals surface area contributed by atoms with E-state index < -0.39 is 22.5 Å². The predicted octanol–water partition coefficient (Wildman–Crippen LogP) is 3.55. The van der Waals surface area contributed by atoms with Gasteiger partial charge in [0.25, 0.3) is 15.9 Å². The first-order valence-electron chi connectivity index (χ1n) is 9.29. The molecule has 0 aliphatic heterocycles. The van der Waals surface area contributed by atoms with E-state index >= 15 is 0 Å². The number of nitrogens with zero attached hydrogens (tertiary/aromatic N) is 2. The summed E-state index contributed by atoms with van der Waals surface area (Å²) in [6, 6.07) is 15.3. The minimum Gasteiger partial charge on any atom is -0.463 e. The van der Waals surface area contributed by atoms with Crippen molar-refractivity contribution in [3.05, 3.63) is 83.3 Å². The van der Waals surface area contributed by atoms with Crippen LogP contribution in [0, 0.1) is 20.8 Å². The van der Waals surface area contributed by atoms with Crippen molar-refractivity contribution in [2.75, 3.05) is 10.8 Å². The monoisotopic (exact) mass is 425 g/mol. The second kappa shape index (κ2) is 8.96. The van der Waals surface area contributed by atoms with E-state index in [4.69, 9.17) is 4.42 Å². The fraction of sp³-hybridized carbons (Fsp3) is 0.182. The van der Waals surface area contributed by atoms with E-state index in [1.807, 2.05) is 26.8 Å². The van der Waals surface area contributed by atoms with Crippen molar-refractivity contribution in [2.45, 2.75) is 25.7 Å². The topological polar surface area (TPSA) is 92.0 Å². The Labute approximate surface area is 176 Å². The van der Waals surface area contributed by atoms with Crippen LogP contribution in [0.15, 0.2) is 75.3 Å². The Morgan fingerprint density at radius 2 is 1.70 bits per heavy atom. The first kappa shape index (κ1) is 21.3. The lowest BCUT2D eigenvalue weighted by Gasteiger charge is -2.24. The molecule has 0 radical (unpaired) electrons. The van der Waals surface area contributed by atoms with Crippen molar-refractivity contribution < 1.29 is 17.6 Å². The Hall–Kier alpha value is -3.39. The van der Waals surface area contributed by atoms with Gasteiger partial charge in [0.05, 0.1) is 23.1 Å². The summed E-state index contributed by atoms with van der Waals surface area (Å²) in [5.74, 6) is -0.110. The van der Waals surface area contributed by atoms with Crippen LogP contribution < -0.4 is 9.73 Å². The van der Waals surface area contributed by atoms with E-state index in [0.29, 0.717) is 11.4 Å². The molecule has 0 unspecified atom stereocenters. The molecule has 3 rings (SSSR count). The van der Waals surface area contributed by atoms with Crippen molar-refractivity contribution in [3.8, 4) is 0 Å². The van der Waals surface area contributed by atoms with Gasteiger partial charge in [0, 0.05) is 0 Å². The molecule has 0 aliphatic rings. The smallest absolute Gasteiger partial charge is 0.264 e. The van der Waals surface area contributed by atoms with Gasteiger partial charge in [-0.1, -0.05) is 23.8 Å². The van der Waals surface area contributed by atoms with Crippen LogP contribution in [0.5, 0.6) is 0 Å². The Balaban J connectivity index is 1.91. The molecule has 156 valence electrons. The number of carbonyl (C=O) groups excluding carboxylic acids is 1. The Kier molecular flexibility index (Phi) is 6.37. The number of nitrogens with one attached hydrogen (secondary N) is 1. The molecule has 0 aliphatic carbocycles. The molecule has 1 amide bonds. The van der Waals surface area contributed by atoms with Gasteiger partial charge in [-0.2, -0.15) is 5.10 Å². The predicted molar refractivity (Wildman–Crippen MR) is 116 cm³/mol. The van der Waals surface area contributed by atoms with E-state index in [2.05, 4.69) is 10.5 Å². The summed E-state index contributed by atoms with van der Waals surface area (Å²) < 4.78 is 32.9. The summed E-state index contributed by atoms with van der Waals surface area (Å²) in [5.41, 5.74) is 5.49. The third kappa shape index (κ3) is 5.15. The molecule has 2 aromatic carbocycles. The molecule has 7 nitrogen and oxygen atoms in total. The zero-order valence-corrected chi connectivity index (χ0v) is 17.8. The van der Waals surface area contributed by atoms with E-state index in [0.717, 1.165) is 21.0 Å². The maximum atomic E-state index is 13.4. The van der Waals surface area contributed by atoms with Gasteiger partial charge in [-0.3, -0.25) is 9.10 Å². The molecule has 1 N–H and O–H groups in total. The van der Waals surface area contributed by atoms with E-state index in [1.165, 1.54) is 24.6 Å². The standard InChI is InChI=1S/C22H23N3O4S/c1-16-6-8-21(9-7-16)30(27,28)25(19-12-17(2)11-18(3)13-19)15-22(26)24-23-14-20-5-4-10-29-20/h4-14H,15H2,1-3H3,(H,24,26)/b23-14-. The van der Waals surface area contributed by atoms with Crippen LogP contribution in [0.2, 0.25) is 0 Å². The van der Waals surface area contributed by atoms with Gasteiger partial charge in [0.15, 0.2) is 0 Å². The summed E-state index contributed by atoms with van der Waals surface area (Å²) in [7, 11) is -3.97. The summed E-state index contributed by atoms with van der Waals surface area (Å²) >= 11 is 0. The van der Waals surface area contributed by atoms with Crippen LogP contribution in [0.3, 0.4) is 0 Å². The molecule has 1 aromatic heterocycles. The van der Waals surface area contributed by atoms with Gasteiger partial charge < -0.3 is 4.42 Å². The van der Waals surface area contributed by atoms with Crippen molar-refractivity contribution in [2.24, 2.45) is 5.10 Å². The number of rotatable bonds is 7. The third-order valence-corrected chi connectivity index (χ3v) is 6.10. The minimum atomic E-state index is -3.97. The SMILES string of the molecule is Cc1ccc(S(=O)(=O)N(CC(=O)N/N=C\c2ccco2)c2cc(C)cc(C)c2)cc1. The normalized spacial score (nSPS) is 11.6. The molecule has 0 saturated heterocycles. The number of amides is 1. The van der Waals surface area contributed by atoms with Gasteiger partial charge >= 0.3 is 0 Å². The summed E-state index contributed by atoms with van der Waals surface area (Å²) in [6.07, 6.45) is 2.83. The van der Waals surface area contributed by atoms with Gasteiger partial charge in [-0.25, -0.2) is 13.8 Å². The molecule has 8 heteroatoms.